The van der Waals surface area contributed by atoms with Crippen LogP contribution in [-0.2, 0) is 0 Å². The highest BCUT2D eigenvalue weighted by Crippen LogP contribution is 2.33. The van der Waals surface area contributed by atoms with E-state index in [9.17, 15) is 4.79 Å². The molecule has 0 saturated carbocycles. The molecule has 0 aliphatic rings. The van der Waals surface area contributed by atoms with Crippen LogP contribution in [-0.4, -0.2) is 25.4 Å². The molecule has 2 rings (SSSR count). The lowest BCUT2D eigenvalue weighted by atomic mass is 10.3. The maximum absolute atomic E-state index is 10.9. The zero-order chi connectivity index (χ0) is 10.8. The molecule has 0 atom stereocenters. The van der Waals surface area contributed by atoms with Gasteiger partial charge >= 0.3 is 0 Å². The lowest BCUT2D eigenvalue weighted by molar-refractivity contribution is 0.112. The Kier molecular flexibility index (Phi) is 2.83. The topological polar surface area (TPSA) is 33.2 Å². The monoisotopic (exact) mass is 238 g/mol. The number of carbonyl (C=O) groups excluding carboxylic acids is 1. The molecular formula is C10H10N2OS2. The Morgan fingerprint density at radius 3 is 2.80 bits per heavy atom. The Morgan fingerprint density at radius 1 is 1.47 bits per heavy atom. The second-order valence-corrected chi connectivity index (χ2v) is 5.16. The van der Waals surface area contributed by atoms with E-state index in [4.69, 9.17) is 0 Å². The lowest BCUT2D eigenvalue weighted by Gasteiger charge is -2.05. The molecule has 0 fully saturated rings. The van der Waals surface area contributed by atoms with Crippen molar-refractivity contribution in [3.63, 3.8) is 0 Å². The van der Waals surface area contributed by atoms with Crippen LogP contribution in [0.3, 0.4) is 0 Å². The maximum Gasteiger partial charge on any atom is 0.186 e. The van der Waals surface area contributed by atoms with E-state index < -0.39 is 0 Å². The summed E-state index contributed by atoms with van der Waals surface area (Å²) in [4.78, 5) is 19.0. The fraction of sp³-hybridized carbons (Fsp3) is 0.200. The van der Waals surface area contributed by atoms with Gasteiger partial charge < -0.3 is 4.90 Å². The van der Waals surface area contributed by atoms with E-state index in [2.05, 4.69) is 4.98 Å². The van der Waals surface area contributed by atoms with Gasteiger partial charge in [-0.25, -0.2) is 4.98 Å². The first kappa shape index (κ1) is 10.3. The predicted molar refractivity (Wildman–Crippen MR) is 65.1 cm³/mol. The van der Waals surface area contributed by atoms with Crippen LogP contribution in [0.2, 0.25) is 0 Å². The molecular weight excluding hydrogens is 228 g/mol. The summed E-state index contributed by atoms with van der Waals surface area (Å²) in [5.74, 6) is 0. The molecule has 0 aliphatic carbocycles. The average Bonchev–Trinajstić information content (AvgIpc) is 2.86. The van der Waals surface area contributed by atoms with Gasteiger partial charge in [0.1, 0.15) is 5.69 Å². The standard InChI is InChI=1S/C10H10N2OS2/c1-12(2)10-11-9(8(6-13)15-10)7-4-3-5-14-7/h3-6H,1-2H3. The summed E-state index contributed by atoms with van der Waals surface area (Å²) in [6.07, 6.45) is 0.875. The van der Waals surface area contributed by atoms with E-state index in [1.165, 1.54) is 11.3 Å². The van der Waals surface area contributed by atoms with Crippen LogP contribution in [0.5, 0.6) is 0 Å². The Labute approximate surface area is 96.0 Å². The minimum absolute atomic E-state index is 0.696. The van der Waals surface area contributed by atoms with E-state index in [0.717, 1.165) is 22.0 Å². The summed E-state index contributed by atoms with van der Waals surface area (Å²) < 4.78 is 0. The van der Waals surface area contributed by atoms with Crippen molar-refractivity contribution in [2.45, 2.75) is 0 Å². The summed E-state index contributed by atoms with van der Waals surface area (Å²) >= 11 is 3.02. The second-order valence-electron chi connectivity index (χ2n) is 3.20. The first-order valence-corrected chi connectivity index (χ1v) is 6.09. The van der Waals surface area contributed by atoms with Gasteiger partial charge in [0.2, 0.25) is 0 Å². The average molecular weight is 238 g/mol. The van der Waals surface area contributed by atoms with Crippen molar-refractivity contribution >= 4 is 34.1 Å². The van der Waals surface area contributed by atoms with Gasteiger partial charge in [-0.3, -0.25) is 4.79 Å². The van der Waals surface area contributed by atoms with Crippen LogP contribution >= 0.6 is 22.7 Å². The molecule has 0 aromatic carbocycles. The number of hydrogen-bond donors (Lipinski definition) is 0. The summed E-state index contributed by atoms with van der Waals surface area (Å²) in [7, 11) is 3.84. The molecule has 0 aliphatic heterocycles. The van der Waals surface area contributed by atoms with E-state index >= 15 is 0 Å². The van der Waals surface area contributed by atoms with Crippen LogP contribution in [0.15, 0.2) is 17.5 Å². The number of rotatable bonds is 3. The van der Waals surface area contributed by atoms with Crippen LogP contribution in [0.25, 0.3) is 10.6 Å². The van der Waals surface area contributed by atoms with Crippen molar-refractivity contribution < 1.29 is 4.79 Å². The van der Waals surface area contributed by atoms with Crippen molar-refractivity contribution in [2.75, 3.05) is 19.0 Å². The third kappa shape index (κ3) is 1.93. The Morgan fingerprint density at radius 2 is 2.27 bits per heavy atom. The normalized spacial score (nSPS) is 10.3. The van der Waals surface area contributed by atoms with Crippen LogP contribution in [0.1, 0.15) is 9.67 Å². The molecule has 2 aromatic heterocycles. The fourth-order valence-corrected chi connectivity index (χ4v) is 2.79. The van der Waals surface area contributed by atoms with Crippen molar-refractivity contribution in [3.05, 3.63) is 22.4 Å². The van der Waals surface area contributed by atoms with Crippen molar-refractivity contribution in [2.24, 2.45) is 0 Å². The molecule has 15 heavy (non-hydrogen) atoms. The third-order valence-corrected chi connectivity index (χ3v) is 3.91. The van der Waals surface area contributed by atoms with Gasteiger partial charge in [0.25, 0.3) is 0 Å². The molecule has 0 N–H and O–H groups in total. The fourth-order valence-electron chi connectivity index (χ4n) is 1.18. The van der Waals surface area contributed by atoms with E-state index in [-0.39, 0.29) is 0 Å². The summed E-state index contributed by atoms with van der Waals surface area (Å²) in [6, 6.07) is 3.94. The Hall–Kier alpha value is -1.20. The predicted octanol–water partition coefficient (Wildman–Crippen LogP) is 2.75. The number of anilines is 1. The highest BCUT2D eigenvalue weighted by Gasteiger charge is 2.13. The van der Waals surface area contributed by atoms with Gasteiger partial charge in [-0.05, 0) is 11.4 Å². The number of thiazole rings is 1. The van der Waals surface area contributed by atoms with Crippen molar-refractivity contribution in [1.82, 2.24) is 4.98 Å². The molecule has 0 bridgehead atoms. The van der Waals surface area contributed by atoms with E-state index in [1.54, 1.807) is 11.3 Å². The van der Waals surface area contributed by atoms with E-state index in [0.29, 0.717) is 4.88 Å². The largest absolute Gasteiger partial charge is 0.354 e. The van der Waals surface area contributed by atoms with E-state index in [1.807, 2.05) is 36.5 Å². The van der Waals surface area contributed by atoms with Crippen LogP contribution < -0.4 is 4.90 Å². The third-order valence-electron chi connectivity index (χ3n) is 1.89. The SMILES string of the molecule is CN(C)c1nc(-c2cccs2)c(C=O)s1. The molecule has 0 saturated heterocycles. The van der Waals surface area contributed by atoms with Gasteiger partial charge in [-0.15, -0.1) is 11.3 Å². The minimum Gasteiger partial charge on any atom is -0.354 e. The first-order valence-electron chi connectivity index (χ1n) is 4.39. The molecule has 0 spiro atoms. The first-order chi connectivity index (χ1) is 7.22. The molecule has 3 nitrogen and oxygen atoms in total. The lowest BCUT2D eigenvalue weighted by Crippen LogP contribution is -2.07. The van der Waals surface area contributed by atoms with Crippen LogP contribution in [0, 0.1) is 0 Å². The maximum atomic E-state index is 10.9. The number of thiophene rings is 1. The highest BCUT2D eigenvalue weighted by atomic mass is 32.1. The van der Waals surface area contributed by atoms with Crippen molar-refractivity contribution in [1.29, 1.82) is 0 Å². The summed E-state index contributed by atoms with van der Waals surface area (Å²) in [5, 5.41) is 2.85. The molecule has 0 unspecified atom stereocenters. The minimum atomic E-state index is 0.696. The quantitative estimate of drug-likeness (QED) is 0.771. The molecule has 0 radical (unpaired) electrons. The highest BCUT2D eigenvalue weighted by molar-refractivity contribution is 7.18. The van der Waals surface area contributed by atoms with Gasteiger partial charge in [-0.1, -0.05) is 17.4 Å². The number of aldehydes is 1. The summed E-state index contributed by atoms with van der Waals surface area (Å²) in [5.41, 5.74) is 0.800. The van der Waals surface area contributed by atoms with Gasteiger partial charge in [0.05, 0.1) is 9.75 Å². The number of carbonyl (C=O) groups is 1. The molecule has 78 valence electrons. The number of nitrogens with zero attached hydrogens (tertiary/aromatic N) is 2. The number of aromatic nitrogens is 1. The number of hydrogen-bond acceptors (Lipinski definition) is 5. The second kappa shape index (κ2) is 4.12. The Bertz CT molecular complexity index is 460. The molecule has 0 amide bonds. The van der Waals surface area contributed by atoms with Gasteiger partial charge in [0, 0.05) is 14.1 Å². The molecule has 5 heteroatoms. The molecule has 2 heterocycles. The summed E-state index contributed by atoms with van der Waals surface area (Å²) in [6.45, 7) is 0. The van der Waals surface area contributed by atoms with Crippen molar-refractivity contribution in [3.8, 4) is 10.6 Å². The molecule has 2 aromatic rings. The Balaban J connectivity index is 2.51. The van der Waals surface area contributed by atoms with Gasteiger partial charge in [-0.2, -0.15) is 0 Å². The van der Waals surface area contributed by atoms with Crippen LogP contribution in [0.4, 0.5) is 5.13 Å². The zero-order valence-electron chi connectivity index (χ0n) is 8.43. The zero-order valence-corrected chi connectivity index (χ0v) is 10.1. The smallest absolute Gasteiger partial charge is 0.186 e. The van der Waals surface area contributed by atoms with Gasteiger partial charge in [0.15, 0.2) is 11.4 Å².